The summed E-state index contributed by atoms with van der Waals surface area (Å²) in [5.74, 6) is 0. The molecule has 0 aromatic carbocycles. The first kappa shape index (κ1) is 11.9. The van der Waals surface area contributed by atoms with E-state index in [4.69, 9.17) is 5.73 Å². The number of piperidine rings is 1. The smallest absolute Gasteiger partial charge is 0.0283 e. The molecular formula is C14H27N3. The third kappa shape index (κ3) is 2.67. The Morgan fingerprint density at radius 3 is 2.41 bits per heavy atom. The second-order valence-electron chi connectivity index (χ2n) is 6.49. The lowest BCUT2D eigenvalue weighted by Gasteiger charge is -2.41. The van der Waals surface area contributed by atoms with Crippen LogP contribution in [-0.4, -0.2) is 54.1 Å². The molecule has 2 heterocycles. The highest BCUT2D eigenvalue weighted by molar-refractivity contribution is 4.97. The highest BCUT2D eigenvalue weighted by atomic mass is 15.3. The second kappa shape index (κ2) is 4.87. The Morgan fingerprint density at radius 2 is 1.76 bits per heavy atom. The summed E-state index contributed by atoms with van der Waals surface area (Å²) in [7, 11) is 0. The van der Waals surface area contributed by atoms with Crippen molar-refractivity contribution in [2.24, 2.45) is 5.73 Å². The summed E-state index contributed by atoms with van der Waals surface area (Å²) in [5, 5.41) is 0. The van der Waals surface area contributed by atoms with E-state index in [1.807, 2.05) is 0 Å². The van der Waals surface area contributed by atoms with E-state index in [1.165, 1.54) is 71.1 Å². The largest absolute Gasteiger partial charge is 0.324 e. The molecule has 1 unspecified atom stereocenters. The fourth-order valence-corrected chi connectivity index (χ4v) is 3.77. The molecule has 2 saturated heterocycles. The van der Waals surface area contributed by atoms with Crippen molar-refractivity contribution in [3.05, 3.63) is 0 Å². The third-order valence-corrected chi connectivity index (χ3v) is 5.04. The van der Waals surface area contributed by atoms with E-state index < -0.39 is 0 Å². The molecule has 0 spiro atoms. The molecular weight excluding hydrogens is 210 g/mol. The average Bonchev–Trinajstić information content (AvgIpc) is 2.77. The third-order valence-electron chi connectivity index (χ3n) is 5.04. The summed E-state index contributed by atoms with van der Waals surface area (Å²) < 4.78 is 0. The molecule has 0 radical (unpaired) electrons. The molecule has 0 aromatic heterocycles. The first-order valence-corrected chi connectivity index (χ1v) is 7.51. The molecule has 0 bridgehead atoms. The van der Waals surface area contributed by atoms with E-state index in [1.54, 1.807) is 0 Å². The molecule has 1 atom stereocenters. The van der Waals surface area contributed by atoms with Gasteiger partial charge in [0.25, 0.3) is 0 Å². The summed E-state index contributed by atoms with van der Waals surface area (Å²) >= 11 is 0. The highest BCUT2D eigenvalue weighted by Crippen LogP contribution is 2.31. The Bertz CT molecular complexity index is 256. The highest BCUT2D eigenvalue weighted by Gasteiger charge is 2.37. The van der Waals surface area contributed by atoms with Crippen LogP contribution in [0.5, 0.6) is 0 Å². The summed E-state index contributed by atoms with van der Waals surface area (Å²) in [6, 6.07) is 0.832. The van der Waals surface area contributed by atoms with Gasteiger partial charge in [0.1, 0.15) is 0 Å². The van der Waals surface area contributed by atoms with Crippen molar-refractivity contribution in [3.63, 3.8) is 0 Å². The molecule has 0 amide bonds. The summed E-state index contributed by atoms with van der Waals surface area (Å²) in [4.78, 5) is 5.35. The number of rotatable bonds is 3. The first-order valence-electron chi connectivity index (χ1n) is 7.51. The minimum Gasteiger partial charge on any atom is -0.324 e. The number of hydrogen-bond donors (Lipinski definition) is 1. The average molecular weight is 237 g/mol. The molecule has 3 nitrogen and oxygen atoms in total. The Morgan fingerprint density at radius 1 is 1.00 bits per heavy atom. The van der Waals surface area contributed by atoms with Crippen LogP contribution in [0.25, 0.3) is 0 Å². The minimum absolute atomic E-state index is 0.177. The maximum atomic E-state index is 6.35. The quantitative estimate of drug-likeness (QED) is 0.806. The molecule has 98 valence electrons. The van der Waals surface area contributed by atoms with Gasteiger partial charge in [0.05, 0.1) is 0 Å². The van der Waals surface area contributed by atoms with Crippen molar-refractivity contribution in [3.8, 4) is 0 Å². The van der Waals surface area contributed by atoms with Crippen molar-refractivity contribution < 1.29 is 0 Å². The predicted molar refractivity (Wildman–Crippen MR) is 71.0 cm³/mol. The molecule has 2 aliphatic heterocycles. The van der Waals surface area contributed by atoms with Crippen molar-refractivity contribution >= 4 is 0 Å². The van der Waals surface area contributed by atoms with Gasteiger partial charge in [0.15, 0.2) is 0 Å². The summed E-state index contributed by atoms with van der Waals surface area (Å²) in [6.07, 6.45) is 9.49. The topological polar surface area (TPSA) is 32.5 Å². The van der Waals surface area contributed by atoms with Gasteiger partial charge in [-0.2, -0.15) is 0 Å². The van der Waals surface area contributed by atoms with Crippen LogP contribution < -0.4 is 5.73 Å². The van der Waals surface area contributed by atoms with E-state index in [9.17, 15) is 0 Å². The molecule has 1 saturated carbocycles. The first-order chi connectivity index (χ1) is 8.25. The normalized spacial score (nSPS) is 34.8. The van der Waals surface area contributed by atoms with Gasteiger partial charge in [-0.25, -0.2) is 0 Å². The van der Waals surface area contributed by atoms with Crippen LogP contribution in [0, 0.1) is 0 Å². The van der Waals surface area contributed by atoms with E-state index in [-0.39, 0.29) is 5.54 Å². The molecule has 3 heteroatoms. The van der Waals surface area contributed by atoms with Gasteiger partial charge in [-0.3, -0.25) is 9.80 Å². The van der Waals surface area contributed by atoms with E-state index in [0.717, 1.165) is 12.6 Å². The minimum atomic E-state index is 0.177. The maximum Gasteiger partial charge on any atom is 0.0283 e. The fourth-order valence-electron chi connectivity index (χ4n) is 3.77. The van der Waals surface area contributed by atoms with Crippen LogP contribution in [0.2, 0.25) is 0 Å². The zero-order chi connectivity index (χ0) is 11.7. The molecule has 17 heavy (non-hydrogen) atoms. The van der Waals surface area contributed by atoms with Crippen LogP contribution >= 0.6 is 0 Å². The van der Waals surface area contributed by atoms with Crippen LogP contribution in [0.15, 0.2) is 0 Å². The number of nitrogens with zero attached hydrogens (tertiary/aromatic N) is 2. The van der Waals surface area contributed by atoms with Gasteiger partial charge >= 0.3 is 0 Å². The van der Waals surface area contributed by atoms with Crippen molar-refractivity contribution in [2.75, 3.05) is 32.7 Å². The zero-order valence-corrected chi connectivity index (χ0v) is 11.0. The second-order valence-corrected chi connectivity index (χ2v) is 6.49. The Kier molecular flexibility index (Phi) is 3.42. The van der Waals surface area contributed by atoms with Crippen molar-refractivity contribution in [2.45, 2.75) is 56.5 Å². The Balaban J connectivity index is 1.47. The van der Waals surface area contributed by atoms with Gasteiger partial charge in [-0.15, -0.1) is 0 Å². The molecule has 0 aromatic rings. The predicted octanol–water partition coefficient (Wildman–Crippen LogP) is 1.43. The lowest BCUT2D eigenvalue weighted by Crippen LogP contribution is -2.55. The summed E-state index contributed by atoms with van der Waals surface area (Å²) in [6.45, 7) is 6.38. The SMILES string of the molecule is NC1(CN2CCC(N3CCCCC3)C2)CCC1. The lowest BCUT2D eigenvalue weighted by molar-refractivity contribution is 0.137. The monoisotopic (exact) mass is 237 g/mol. The zero-order valence-electron chi connectivity index (χ0n) is 11.0. The molecule has 3 fully saturated rings. The molecule has 3 aliphatic rings. The van der Waals surface area contributed by atoms with E-state index in [0.29, 0.717) is 0 Å². The van der Waals surface area contributed by atoms with Crippen molar-refractivity contribution in [1.82, 2.24) is 9.80 Å². The van der Waals surface area contributed by atoms with Crippen LogP contribution in [-0.2, 0) is 0 Å². The standard InChI is InChI=1S/C14H27N3/c15-14(6-4-7-14)12-16-10-5-13(11-16)17-8-2-1-3-9-17/h13H,1-12,15H2. The number of likely N-dealkylation sites (tertiary alicyclic amines) is 2. The van der Waals surface area contributed by atoms with Gasteiger partial charge in [-0.05, 0) is 58.2 Å². The van der Waals surface area contributed by atoms with E-state index >= 15 is 0 Å². The lowest BCUT2D eigenvalue weighted by atomic mass is 9.77. The number of nitrogens with two attached hydrogens (primary N) is 1. The maximum absolute atomic E-state index is 6.35. The summed E-state index contributed by atoms with van der Waals surface area (Å²) in [5.41, 5.74) is 6.53. The van der Waals surface area contributed by atoms with Gasteiger partial charge in [0, 0.05) is 24.7 Å². The molecule has 2 N–H and O–H groups in total. The molecule has 3 rings (SSSR count). The fraction of sp³-hybridized carbons (Fsp3) is 1.00. The van der Waals surface area contributed by atoms with Crippen LogP contribution in [0.4, 0.5) is 0 Å². The van der Waals surface area contributed by atoms with Gasteiger partial charge in [-0.1, -0.05) is 6.42 Å². The Labute approximate surface area is 105 Å². The van der Waals surface area contributed by atoms with Crippen molar-refractivity contribution in [1.29, 1.82) is 0 Å². The molecule has 1 aliphatic carbocycles. The van der Waals surface area contributed by atoms with Crippen LogP contribution in [0.1, 0.15) is 44.9 Å². The number of hydrogen-bond acceptors (Lipinski definition) is 3. The van der Waals surface area contributed by atoms with E-state index in [2.05, 4.69) is 9.80 Å². The van der Waals surface area contributed by atoms with Crippen LogP contribution in [0.3, 0.4) is 0 Å². The van der Waals surface area contributed by atoms with Gasteiger partial charge < -0.3 is 5.73 Å². The Hall–Kier alpha value is -0.120. The van der Waals surface area contributed by atoms with Gasteiger partial charge in [0.2, 0.25) is 0 Å².